The van der Waals surface area contributed by atoms with Crippen LogP contribution >= 0.6 is 11.3 Å². The Morgan fingerprint density at radius 1 is 1.54 bits per heavy atom. The van der Waals surface area contributed by atoms with E-state index in [0.29, 0.717) is 11.0 Å². The molecule has 0 saturated carbocycles. The zero-order valence-corrected chi connectivity index (χ0v) is 9.23. The summed E-state index contributed by atoms with van der Waals surface area (Å²) in [5.41, 5.74) is 6.80. The van der Waals surface area contributed by atoms with Crippen molar-refractivity contribution < 1.29 is 0 Å². The van der Waals surface area contributed by atoms with Gasteiger partial charge in [-0.1, -0.05) is 26.7 Å². The molecule has 1 atom stereocenters. The molecule has 0 radical (unpaired) electrons. The maximum atomic E-state index is 5.61. The lowest BCUT2D eigenvalue weighted by Crippen LogP contribution is -1.98. The first-order chi connectivity index (χ1) is 6.27. The van der Waals surface area contributed by atoms with Gasteiger partial charge in [0.1, 0.15) is 0 Å². The predicted molar refractivity (Wildman–Crippen MR) is 59.1 cm³/mol. The van der Waals surface area contributed by atoms with Crippen LogP contribution in [0.15, 0.2) is 5.38 Å². The Morgan fingerprint density at radius 3 is 2.77 bits per heavy atom. The monoisotopic (exact) mass is 198 g/mol. The number of nitrogen functional groups attached to an aromatic ring is 1. The van der Waals surface area contributed by atoms with Crippen molar-refractivity contribution in [2.75, 3.05) is 5.73 Å². The van der Waals surface area contributed by atoms with Gasteiger partial charge in [0.2, 0.25) is 0 Å². The number of hydrogen-bond donors (Lipinski definition) is 1. The average molecular weight is 198 g/mol. The van der Waals surface area contributed by atoms with Gasteiger partial charge in [0, 0.05) is 11.3 Å². The van der Waals surface area contributed by atoms with E-state index in [1.165, 1.54) is 31.4 Å². The Balaban J connectivity index is 2.56. The molecule has 0 aromatic carbocycles. The van der Waals surface area contributed by atoms with Gasteiger partial charge in [-0.2, -0.15) is 0 Å². The highest BCUT2D eigenvalue weighted by Gasteiger charge is 2.11. The third-order valence-corrected chi connectivity index (χ3v) is 3.05. The first kappa shape index (κ1) is 10.5. The third-order valence-electron chi connectivity index (χ3n) is 2.36. The van der Waals surface area contributed by atoms with Crippen molar-refractivity contribution in [3.05, 3.63) is 11.1 Å². The zero-order chi connectivity index (χ0) is 9.68. The molecule has 13 heavy (non-hydrogen) atoms. The van der Waals surface area contributed by atoms with Crippen LogP contribution in [0.4, 0.5) is 5.13 Å². The van der Waals surface area contributed by atoms with Gasteiger partial charge in [-0.05, 0) is 12.8 Å². The quantitative estimate of drug-likeness (QED) is 0.787. The van der Waals surface area contributed by atoms with Gasteiger partial charge < -0.3 is 5.73 Å². The number of thiazole rings is 1. The molecule has 1 rings (SSSR count). The van der Waals surface area contributed by atoms with Gasteiger partial charge >= 0.3 is 0 Å². The molecule has 0 bridgehead atoms. The van der Waals surface area contributed by atoms with Crippen LogP contribution in [0.25, 0.3) is 0 Å². The highest BCUT2D eigenvalue weighted by Crippen LogP contribution is 2.27. The van der Waals surface area contributed by atoms with Gasteiger partial charge in [0.05, 0.1) is 5.69 Å². The van der Waals surface area contributed by atoms with Crippen molar-refractivity contribution in [3.8, 4) is 0 Å². The van der Waals surface area contributed by atoms with Crippen LogP contribution in [0, 0.1) is 0 Å². The molecule has 2 nitrogen and oxygen atoms in total. The van der Waals surface area contributed by atoms with Crippen molar-refractivity contribution in [1.29, 1.82) is 0 Å². The van der Waals surface area contributed by atoms with Crippen molar-refractivity contribution in [2.45, 2.75) is 45.4 Å². The highest BCUT2D eigenvalue weighted by atomic mass is 32.1. The second kappa shape index (κ2) is 5.22. The Kier molecular flexibility index (Phi) is 4.22. The summed E-state index contributed by atoms with van der Waals surface area (Å²) in [6, 6.07) is 0. The molecule has 1 heterocycles. The Labute approximate surface area is 84.2 Å². The fraction of sp³-hybridized carbons (Fsp3) is 0.700. The van der Waals surface area contributed by atoms with E-state index in [9.17, 15) is 0 Å². The lowest BCUT2D eigenvalue weighted by atomic mass is 9.97. The summed E-state index contributed by atoms with van der Waals surface area (Å²) in [6.07, 6.45) is 4.96. The number of anilines is 1. The maximum Gasteiger partial charge on any atom is 0.180 e. The Morgan fingerprint density at radius 2 is 2.31 bits per heavy atom. The van der Waals surface area contributed by atoms with Crippen LogP contribution in [0.3, 0.4) is 0 Å². The van der Waals surface area contributed by atoms with Gasteiger partial charge in [-0.3, -0.25) is 0 Å². The highest BCUT2D eigenvalue weighted by molar-refractivity contribution is 7.13. The Hall–Kier alpha value is -0.570. The summed E-state index contributed by atoms with van der Waals surface area (Å²) >= 11 is 1.55. The summed E-state index contributed by atoms with van der Waals surface area (Å²) in [7, 11) is 0. The summed E-state index contributed by atoms with van der Waals surface area (Å²) in [5, 5.41) is 2.80. The van der Waals surface area contributed by atoms with Gasteiger partial charge in [0.25, 0.3) is 0 Å². The van der Waals surface area contributed by atoms with Crippen molar-refractivity contribution in [1.82, 2.24) is 4.98 Å². The first-order valence-electron chi connectivity index (χ1n) is 4.98. The fourth-order valence-electron chi connectivity index (χ4n) is 1.50. The molecule has 1 unspecified atom stereocenters. The number of rotatable bonds is 5. The molecule has 0 aliphatic carbocycles. The summed E-state index contributed by atoms with van der Waals surface area (Å²) in [6.45, 7) is 4.44. The van der Waals surface area contributed by atoms with Gasteiger partial charge in [-0.25, -0.2) is 4.98 Å². The molecule has 0 spiro atoms. The van der Waals surface area contributed by atoms with Crippen LogP contribution in [0.5, 0.6) is 0 Å². The van der Waals surface area contributed by atoms with Crippen LogP contribution in [0.1, 0.15) is 51.1 Å². The number of unbranched alkanes of at least 4 members (excludes halogenated alkanes) is 1. The van der Waals surface area contributed by atoms with Gasteiger partial charge in [-0.15, -0.1) is 11.3 Å². The standard InChI is InChI=1S/C10H18N2S/c1-3-5-6-8(4-2)9-7-13-10(11)12-9/h7-8H,3-6H2,1-2H3,(H2,11,12). The van der Waals surface area contributed by atoms with Crippen molar-refractivity contribution in [2.24, 2.45) is 0 Å². The molecule has 0 amide bonds. The van der Waals surface area contributed by atoms with Crippen molar-refractivity contribution >= 4 is 16.5 Å². The van der Waals surface area contributed by atoms with Gasteiger partial charge in [0.15, 0.2) is 5.13 Å². The maximum absolute atomic E-state index is 5.61. The summed E-state index contributed by atoms with van der Waals surface area (Å²) < 4.78 is 0. The molecule has 1 aromatic rings. The minimum absolute atomic E-state index is 0.619. The molecular weight excluding hydrogens is 180 g/mol. The van der Waals surface area contributed by atoms with E-state index in [-0.39, 0.29) is 0 Å². The van der Waals surface area contributed by atoms with E-state index in [4.69, 9.17) is 5.73 Å². The largest absolute Gasteiger partial charge is 0.375 e. The number of nitrogens with two attached hydrogens (primary N) is 1. The van der Waals surface area contributed by atoms with E-state index in [0.717, 1.165) is 0 Å². The molecule has 2 N–H and O–H groups in total. The molecule has 0 fully saturated rings. The fourth-order valence-corrected chi connectivity index (χ4v) is 2.14. The van der Waals surface area contributed by atoms with Crippen LogP contribution in [0.2, 0.25) is 0 Å². The third kappa shape index (κ3) is 2.99. The number of nitrogens with zero attached hydrogens (tertiary/aromatic N) is 1. The van der Waals surface area contributed by atoms with Crippen LogP contribution < -0.4 is 5.73 Å². The normalized spacial score (nSPS) is 13.1. The summed E-state index contributed by atoms with van der Waals surface area (Å²) in [5.74, 6) is 0.619. The van der Waals surface area contributed by atoms with Crippen LogP contribution in [-0.2, 0) is 0 Å². The molecule has 0 saturated heterocycles. The van der Waals surface area contributed by atoms with E-state index in [1.54, 1.807) is 11.3 Å². The SMILES string of the molecule is CCCCC(CC)c1csc(N)n1. The topological polar surface area (TPSA) is 38.9 Å². The minimum atomic E-state index is 0.619. The first-order valence-corrected chi connectivity index (χ1v) is 5.86. The number of aromatic nitrogens is 1. The molecule has 3 heteroatoms. The van der Waals surface area contributed by atoms with E-state index < -0.39 is 0 Å². The van der Waals surface area contributed by atoms with Crippen LogP contribution in [-0.4, -0.2) is 4.98 Å². The van der Waals surface area contributed by atoms with E-state index >= 15 is 0 Å². The van der Waals surface area contributed by atoms with Crippen molar-refractivity contribution in [3.63, 3.8) is 0 Å². The second-order valence-corrected chi connectivity index (χ2v) is 4.25. The molecular formula is C10H18N2S. The van der Waals surface area contributed by atoms with E-state index in [2.05, 4.69) is 24.2 Å². The second-order valence-electron chi connectivity index (χ2n) is 3.36. The predicted octanol–water partition coefficient (Wildman–Crippen LogP) is 3.41. The molecule has 0 aliphatic rings. The minimum Gasteiger partial charge on any atom is -0.375 e. The van der Waals surface area contributed by atoms with E-state index in [1.807, 2.05) is 0 Å². The summed E-state index contributed by atoms with van der Waals surface area (Å²) in [4.78, 5) is 4.33. The average Bonchev–Trinajstić information content (AvgIpc) is 2.54. The zero-order valence-electron chi connectivity index (χ0n) is 8.42. The number of hydrogen-bond acceptors (Lipinski definition) is 3. The molecule has 1 aromatic heterocycles. The lowest BCUT2D eigenvalue weighted by molar-refractivity contribution is 0.560. The smallest absolute Gasteiger partial charge is 0.180 e. The molecule has 0 aliphatic heterocycles. The lowest BCUT2D eigenvalue weighted by Gasteiger charge is -2.10. The Bertz CT molecular complexity index is 245. The molecule has 74 valence electrons.